The highest BCUT2D eigenvalue weighted by Gasteiger charge is 2.11. The summed E-state index contributed by atoms with van der Waals surface area (Å²) in [5, 5.41) is 11.0. The minimum Gasteiger partial charge on any atom is -0.480 e. The molecule has 260 valence electrons. The molecule has 0 aromatic carbocycles. The lowest BCUT2D eigenvalue weighted by Gasteiger charge is -2.14. The van der Waals surface area contributed by atoms with Gasteiger partial charge >= 0.3 is 11.9 Å². The number of carboxylic acids is 1. The Hall–Kier alpha value is -2.37. The van der Waals surface area contributed by atoms with Crippen LogP contribution < -0.4 is 5.32 Å². The van der Waals surface area contributed by atoms with Gasteiger partial charge < -0.3 is 15.2 Å². The van der Waals surface area contributed by atoms with E-state index in [4.69, 9.17) is 9.84 Å². The van der Waals surface area contributed by atoms with Crippen molar-refractivity contribution in [2.24, 2.45) is 0 Å². The number of aliphatic carboxylic acids is 1. The van der Waals surface area contributed by atoms with Crippen LogP contribution in [0.3, 0.4) is 0 Å². The Bertz CT molecular complexity index is 788. The molecule has 0 fully saturated rings. The van der Waals surface area contributed by atoms with E-state index in [2.05, 4.69) is 55.6 Å². The lowest BCUT2D eigenvalue weighted by atomic mass is 10.0. The van der Waals surface area contributed by atoms with Crippen molar-refractivity contribution in [1.29, 1.82) is 0 Å². The molecular weight excluding hydrogens is 562 g/mol. The fourth-order valence-corrected chi connectivity index (χ4v) is 5.26. The van der Waals surface area contributed by atoms with Crippen molar-refractivity contribution in [2.45, 2.75) is 187 Å². The van der Waals surface area contributed by atoms with E-state index < -0.39 is 5.97 Å². The monoisotopic (exact) mass is 632 g/mol. The van der Waals surface area contributed by atoms with E-state index >= 15 is 0 Å². The minimum absolute atomic E-state index is 0.0899. The predicted molar refractivity (Wildman–Crippen MR) is 189 cm³/mol. The van der Waals surface area contributed by atoms with Gasteiger partial charge in [-0.3, -0.25) is 14.4 Å². The van der Waals surface area contributed by atoms with Crippen molar-refractivity contribution >= 4 is 17.8 Å². The van der Waals surface area contributed by atoms with Crippen LogP contribution in [0.4, 0.5) is 0 Å². The summed E-state index contributed by atoms with van der Waals surface area (Å²) in [5.41, 5.74) is 0. The van der Waals surface area contributed by atoms with Gasteiger partial charge in [0.2, 0.25) is 5.91 Å². The molecule has 0 spiro atoms. The number of ether oxygens (including phenoxy) is 1. The van der Waals surface area contributed by atoms with Crippen LogP contribution in [0.25, 0.3) is 0 Å². The summed E-state index contributed by atoms with van der Waals surface area (Å²) in [7, 11) is 0. The normalized spacial score (nSPS) is 12.4. The molecule has 0 bridgehead atoms. The van der Waals surface area contributed by atoms with Gasteiger partial charge in [-0.05, 0) is 57.4 Å². The number of carbonyl (C=O) groups excluding carboxylic acids is 2. The van der Waals surface area contributed by atoms with Crippen molar-refractivity contribution in [3.8, 4) is 0 Å². The van der Waals surface area contributed by atoms with Crippen LogP contribution in [0, 0.1) is 0 Å². The topological polar surface area (TPSA) is 92.7 Å². The van der Waals surface area contributed by atoms with Crippen molar-refractivity contribution in [3.05, 3.63) is 36.5 Å². The number of carbonyl (C=O) groups is 3. The molecule has 0 saturated carbocycles. The summed E-state index contributed by atoms with van der Waals surface area (Å²) >= 11 is 0. The van der Waals surface area contributed by atoms with Gasteiger partial charge in [0.15, 0.2) is 0 Å². The van der Waals surface area contributed by atoms with E-state index in [0.717, 1.165) is 70.6 Å². The third-order valence-electron chi connectivity index (χ3n) is 8.05. The second-order valence-electron chi connectivity index (χ2n) is 12.5. The van der Waals surface area contributed by atoms with E-state index in [0.29, 0.717) is 12.8 Å². The lowest BCUT2D eigenvalue weighted by Crippen LogP contribution is -2.28. The van der Waals surface area contributed by atoms with Crippen molar-refractivity contribution in [2.75, 3.05) is 6.54 Å². The molecule has 0 rings (SSSR count). The van der Waals surface area contributed by atoms with E-state index in [1.54, 1.807) is 0 Å². The first kappa shape index (κ1) is 42.6. The molecule has 2 N–H and O–H groups in total. The Kier molecular flexibility index (Phi) is 32.7. The van der Waals surface area contributed by atoms with E-state index in [-0.39, 0.29) is 24.5 Å². The molecule has 0 radical (unpaired) electrons. The van der Waals surface area contributed by atoms with Gasteiger partial charge in [0.1, 0.15) is 12.6 Å². The Balaban J connectivity index is 4.32. The van der Waals surface area contributed by atoms with E-state index in [9.17, 15) is 14.4 Å². The SMILES string of the molecule is CCCCC/C=C\C/C=C\C/C=C\C(CCCCCCCC(=O)NCC(=O)O)OC(=O)CCCCCCCCCCCCCC. The Morgan fingerprint density at radius 1 is 0.600 bits per heavy atom. The maximum atomic E-state index is 12.6. The molecule has 1 atom stereocenters. The van der Waals surface area contributed by atoms with Gasteiger partial charge in [0.25, 0.3) is 0 Å². The molecule has 6 nitrogen and oxygen atoms in total. The Morgan fingerprint density at radius 2 is 1.09 bits per heavy atom. The van der Waals surface area contributed by atoms with Gasteiger partial charge in [-0.15, -0.1) is 0 Å². The highest BCUT2D eigenvalue weighted by atomic mass is 16.5. The van der Waals surface area contributed by atoms with E-state index in [1.165, 1.54) is 83.5 Å². The van der Waals surface area contributed by atoms with Gasteiger partial charge in [-0.25, -0.2) is 0 Å². The summed E-state index contributed by atoms with van der Waals surface area (Å²) in [4.78, 5) is 34.8. The molecule has 0 aromatic heterocycles. The third-order valence-corrected chi connectivity index (χ3v) is 8.05. The zero-order chi connectivity index (χ0) is 33.1. The van der Waals surface area contributed by atoms with Crippen LogP contribution in [0.15, 0.2) is 36.5 Å². The smallest absolute Gasteiger partial charge is 0.322 e. The zero-order valence-electron chi connectivity index (χ0n) is 29.2. The summed E-state index contributed by atoms with van der Waals surface area (Å²) in [6.45, 7) is 4.17. The molecule has 1 amide bonds. The van der Waals surface area contributed by atoms with Gasteiger partial charge in [-0.2, -0.15) is 0 Å². The molecule has 45 heavy (non-hydrogen) atoms. The maximum absolute atomic E-state index is 12.6. The quantitative estimate of drug-likeness (QED) is 0.0427. The summed E-state index contributed by atoms with van der Waals surface area (Å²) in [5.74, 6) is -1.32. The molecule has 0 saturated heterocycles. The molecule has 0 aliphatic carbocycles. The number of amides is 1. The van der Waals surface area contributed by atoms with Crippen molar-refractivity contribution in [3.63, 3.8) is 0 Å². The van der Waals surface area contributed by atoms with Crippen LogP contribution in [0.1, 0.15) is 181 Å². The van der Waals surface area contributed by atoms with Crippen LogP contribution in [0.5, 0.6) is 0 Å². The predicted octanol–water partition coefficient (Wildman–Crippen LogP) is 10.9. The van der Waals surface area contributed by atoms with Crippen molar-refractivity contribution in [1.82, 2.24) is 5.32 Å². The lowest BCUT2D eigenvalue weighted by molar-refractivity contribution is -0.147. The van der Waals surface area contributed by atoms with Crippen LogP contribution in [0.2, 0.25) is 0 Å². The fraction of sp³-hybridized carbons (Fsp3) is 0.769. The highest BCUT2D eigenvalue weighted by Crippen LogP contribution is 2.15. The molecule has 1 unspecified atom stereocenters. The molecular formula is C39H69NO5. The van der Waals surface area contributed by atoms with Gasteiger partial charge in [-0.1, -0.05) is 147 Å². The second-order valence-corrected chi connectivity index (χ2v) is 12.5. The summed E-state index contributed by atoms with van der Waals surface area (Å²) in [6, 6.07) is 0. The van der Waals surface area contributed by atoms with Crippen LogP contribution >= 0.6 is 0 Å². The Labute approximate surface area is 276 Å². The van der Waals surface area contributed by atoms with Gasteiger partial charge in [0, 0.05) is 12.8 Å². The first-order valence-corrected chi connectivity index (χ1v) is 18.6. The fourth-order valence-electron chi connectivity index (χ4n) is 5.26. The largest absolute Gasteiger partial charge is 0.480 e. The first-order chi connectivity index (χ1) is 22.0. The number of allylic oxidation sites excluding steroid dienone is 5. The van der Waals surface area contributed by atoms with E-state index in [1.807, 2.05) is 0 Å². The number of carboxylic acid groups (broad SMARTS) is 1. The number of esters is 1. The summed E-state index contributed by atoms with van der Waals surface area (Å²) < 4.78 is 5.89. The number of nitrogens with one attached hydrogen (secondary N) is 1. The number of hydrogen-bond donors (Lipinski definition) is 2. The highest BCUT2D eigenvalue weighted by molar-refractivity contribution is 5.80. The average Bonchev–Trinajstić information content (AvgIpc) is 3.02. The maximum Gasteiger partial charge on any atom is 0.322 e. The number of unbranched alkanes of at least 4 members (excludes halogenated alkanes) is 18. The number of rotatable bonds is 33. The molecule has 0 aliphatic rings. The minimum atomic E-state index is -1.02. The van der Waals surface area contributed by atoms with Crippen LogP contribution in [-0.2, 0) is 19.1 Å². The average molecular weight is 632 g/mol. The molecule has 0 aromatic rings. The van der Waals surface area contributed by atoms with Crippen LogP contribution in [-0.4, -0.2) is 35.6 Å². The Morgan fingerprint density at radius 3 is 1.69 bits per heavy atom. The molecule has 0 heterocycles. The zero-order valence-corrected chi connectivity index (χ0v) is 29.2. The summed E-state index contributed by atoms with van der Waals surface area (Å²) in [6.07, 6.45) is 41.3. The standard InChI is InChI=1S/C39H69NO5/c1-3-5-7-9-11-13-15-17-19-21-26-30-34-39(44)45-36(31-27-23-20-18-16-14-12-10-8-6-4-2)32-28-24-22-25-29-33-37(41)40-35-38(42)43/h12,14,18,20,27,31,36H,3-11,13,15-17,19,21-26,28-30,32-35H2,1-2H3,(H,40,41)(H,42,43)/b14-12-,20-18-,31-27-. The van der Waals surface area contributed by atoms with Crippen molar-refractivity contribution < 1.29 is 24.2 Å². The first-order valence-electron chi connectivity index (χ1n) is 18.6. The second kappa shape index (κ2) is 34.5. The molecule has 6 heteroatoms. The molecule has 0 aliphatic heterocycles. The van der Waals surface area contributed by atoms with Gasteiger partial charge in [0.05, 0.1) is 0 Å². The number of hydrogen-bond acceptors (Lipinski definition) is 4. The third kappa shape index (κ3) is 34.3.